The Bertz CT molecular complexity index is 1080. The van der Waals surface area contributed by atoms with Gasteiger partial charge in [0.1, 0.15) is 11.5 Å². The molecule has 2 aliphatic rings. The van der Waals surface area contributed by atoms with Crippen LogP contribution in [0.2, 0.25) is 0 Å². The summed E-state index contributed by atoms with van der Waals surface area (Å²) in [6, 6.07) is 11.4. The molecule has 1 aromatic carbocycles. The van der Waals surface area contributed by atoms with E-state index in [0.29, 0.717) is 32.1 Å². The van der Waals surface area contributed by atoms with Gasteiger partial charge in [-0.3, -0.25) is 4.79 Å². The molecule has 0 unspecified atom stereocenters. The van der Waals surface area contributed by atoms with Crippen LogP contribution in [0, 0.1) is 5.92 Å². The molecular formula is C22H23N5O3. The third-order valence-electron chi connectivity index (χ3n) is 5.47. The first-order valence-electron chi connectivity index (χ1n) is 10.2. The summed E-state index contributed by atoms with van der Waals surface area (Å²) in [6.07, 6.45) is 3.73. The number of H-pyrrole nitrogens is 1. The molecule has 1 saturated carbocycles. The smallest absolute Gasteiger partial charge is 0.321 e. The van der Waals surface area contributed by atoms with E-state index in [2.05, 4.69) is 20.6 Å². The molecule has 8 heteroatoms. The number of nitrogens with zero attached hydrogens (tertiary/aromatic N) is 2. The van der Waals surface area contributed by atoms with Crippen molar-refractivity contribution in [1.29, 1.82) is 0 Å². The lowest BCUT2D eigenvalue weighted by Crippen LogP contribution is -2.43. The van der Waals surface area contributed by atoms with Gasteiger partial charge in [0, 0.05) is 36.3 Å². The van der Waals surface area contributed by atoms with E-state index in [-0.39, 0.29) is 17.9 Å². The molecule has 154 valence electrons. The normalized spacial score (nSPS) is 16.5. The Hall–Kier alpha value is -3.39. The molecule has 3 heterocycles. The molecule has 0 radical (unpaired) electrons. The van der Waals surface area contributed by atoms with Crippen LogP contribution in [0.5, 0.6) is 0 Å². The number of morpholine rings is 1. The van der Waals surface area contributed by atoms with Gasteiger partial charge in [0.15, 0.2) is 0 Å². The number of hydrogen-bond acceptors (Lipinski definition) is 4. The van der Waals surface area contributed by atoms with Gasteiger partial charge in [0.25, 0.3) is 0 Å². The van der Waals surface area contributed by atoms with Crippen LogP contribution in [0.4, 0.5) is 16.3 Å². The zero-order valence-corrected chi connectivity index (χ0v) is 16.5. The van der Waals surface area contributed by atoms with Gasteiger partial charge in [-0.2, -0.15) is 0 Å². The van der Waals surface area contributed by atoms with Gasteiger partial charge in [-0.05, 0) is 48.2 Å². The first kappa shape index (κ1) is 18.6. The van der Waals surface area contributed by atoms with Gasteiger partial charge < -0.3 is 25.3 Å². The summed E-state index contributed by atoms with van der Waals surface area (Å²) in [5.41, 5.74) is 3.41. The second-order valence-electron chi connectivity index (χ2n) is 7.67. The summed E-state index contributed by atoms with van der Waals surface area (Å²) < 4.78 is 5.29. The lowest BCUT2D eigenvalue weighted by Gasteiger charge is -2.26. The highest BCUT2D eigenvalue weighted by molar-refractivity contribution is 5.99. The van der Waals surface area contributed by atoms with Crippen molar-refractivity contribution in [1.82, 2.24) is 14.9 Å². The molecule has 30 heavy (non-hydrogen) atoms. The summed E-state index contributed by atoms with van der Waals surface area (Å²) >= 11 is 0. The minimum Gasteiger partial charge on any atom is -0.378 e. The van der Waals surface area contributed by atoms with Gasteiger partial charge in [-0.15, -0.1) is 0 Å². The highest BCUT2D eigenvalue weighted by Crippen LogP contribution is 2.33. The maximum absolute atomic E-state index is 12.4. The average Bonchev–Trinajstić information content (AvgIpc) is 3.52. The van der Waals surface area contributed by atoms with Gasteiger partial charge in [-0.25, -0.2) is 9.78 Å². The van der Waals surface area contributed by atoms with Crippen LogP contribution in [0.1, 0.15) is 12.8 Å². The molecule has 8 nitrogen and oxygen atoms in total. The van der Waals surface area contributed by atoms with E-state index in [4.69, 9.17) is 4.74 Å². The number of aromatic nitrogens is 2. The topological polar surface area (TPSA) is 99.4 Å². The fourth-order valence-electron chi connectivity index (χ4n) is 3.62. The van der Waals surface area contributed by atoms with Crippen LogP contribution in [0.15, 0.2) is 42.6 Å². The van der Waals surface area contributed by atoms with Crippen LogP contribution in [0.3, 0.4) is 0 Å². The maximum atomic E-state index is 12.4. The number of amides is 3. The summed E-state index contributed by atoms with van der Waals surface area (Å²) in [7, 11) is 0. The molecule has 5 rings (SSSR count). The largest absolute Gasteiger partial charge is 0.378 e. The zero-order chi connectivity index (χ0) is 20.5. The number of urea groups is 1. The molecule has 1 aliphatic carbocycles. The number of anilines is 2. The van der Waals surface area contributed by atoms with E-state index in [1.54, 1.807) is 4.90 Å². The number of nitrogens with one attached hydrogen (secondary N) is 3. The highest BCUT2D eigenvalue weighted by Gasteiger charge is 2.30. The van der Waals surface area contributed by atoms with Crippen molar-refractivity contribution < 1.29 is 14.3 Å². The molecule has 1 aliphatic heterocycles. The fourth-order valence-corrected chi connectivity index (χ4v) is 3.62. The van der Waals surface area contributed by atoms with Crippen LogP contribution in [-0.2, 0) is 9.53 Å². The Balaban J connectivity index is 1.37. The number of carbonyl (C=O) groups excluding carboxylic acids is 2. The molecular weight excluding hydrogens is 382 g/mol. The minimum absolute atomic E-state index is 0.0283. The molecule has 3 amide bonds. The molecule has 3 aromatic rings. The van der Waals surface area contributed by atoms with Gasteiger partial charge in [0.05, 0.1) is 13.2 Å². The summed E-state index contributed by atoms with van der Waals surface area (Å²) in [4.78, 5) is 33.9. The Labute approximate surface area is 173 Å². The molecule has 2 fully saturated rings. The maximum Gasteiger partial charge on any atom is 0.321 e. The zero-order valence-electron chi connectivity index (χ0n) is 16.5. The number of benzene rings is 1. The predicted molar refractivity (Wildman–Crippen MR) is 114 cm³/mol. The molecule has 0 atom stereocenters. The van der Waals surface area contributed by atoms with Crippen molar-refractivity contribution in [3.8, 4) is 11.1 Å². The van der Waals surface area contributed by atoms with Crippen LogP contribution in [-0.4, -0.2) is 53.1 Å². The summed E-state index contributed by atoms with van der Waals surface area (Å²) in [5.74, 6) is 0.686. The van der Waals surface area contributed by atoms with Crippen molar-refractivity contribution in [2.24, 2.45) is 5.92 Å². The Morgan fingerprint density at radius 1 is 1.07 bits per heavy atom. The van der Waals surface area contributed by atoms with E-state index in [1.807, 2.05) is 42.6 Å². The van der Waals surface area contributed by atoms with Gasteiger partial charge in [-0.1, -0.05) is 12.1 Å². The standard InChI is InChI=1S/C22H23N5O3/c28-21(15-1-2-15)26-19-13-18(17-7-8-23-20(17)25-19)14-3-5-16(6-4-14)24-22(29)27-9-11-30-12-10-27/h3-8,13,15H,1-2,9-12H2,(H,24,29)(H2,23,25,26,28). The molecule has 3 N–H and O–H groups in total. The average molecular weight is 405 g/mol. The first-order valence-corrected chi connectivity index (χ1v) is 10.2. The molecule has 0 spiro atoms. The monoisotopic (exact) mass is 405 g/mol. The lowest BCUT2D eigenvalue weighted by atomic mass is 10.0. The summed E-state index contributed by atoms with van der Waals surface area (Å²) in [5, 5.41) is 6.84. The first-order chi connectivity index (χ1) is 14.7. The van der Waals surface area contributed by atoms with Crippen molar-refractivity contribution in [3.63, 3.8) is 0 Å². The molecule has 2 aromatic heterocycles. The van der Waals surface area contributed by atoms with Crippen LogP contribution >= 0.6 is 0 Å². The Kier molecular flexibility index (Phi) is 4.84. The van der Waals surface area contributed by atoms with E-state index < -0.39 is 0 Å². The number of rotatable bonds is 4. The fraction of sp³-hybridized carbons (Fsp3) is 0.318. The lowest BCUT2D eigenvalue weighted by molar-refractivity contribution is -0.117. The third-order valence-corrected chi connectivity index (χ3v) is 5.47. The second-order valence-corrected chi connectivity index (χ2v) is 7.67. The van der Waals surface area contributed by atoms with Crippen LogP contribution < -0.4 is 10.6 Å². The van der Waals surface area contributed by atoms with Crippen molar-refractivity contribution in [3.05, 3.63) is 42.6 Å². The number of fused-ring (bicyclic) bond motifs is 1. The summed E-state index contributed by atoms with van der Waals surface area (Å²) in [6.45, 7) is 2.34. The number of ether oxygens (including phenoxy) is 1. The number of aromatic amines is 1. The molecule has 0 bridgehead atoms. The Morgan fingerprint density at radius 2 is 1.83 bits per heavy atom. The van der Waals surface area contributed by atoms with Gasteiger partial charge >= 0.3 is 6.03 Å². The second kappa shape index (κ2) is 7.79. The minimum atomic E-state index is -0.118. The van der Waals surface area contributed by atoms with E-state index in [9.17, 15) is 9.59 Å². The van der Waals surface area contributed by atoms with Crippen LogP contribution in [0.25, 0.3) is 22.2 Å². The van der Waals surface area contributed by atoms with Gasteiger partial charge in [0.2, 0.25) is 5.91 Å². The SMILES string of the molecule is O=C(Nc1cc(-c2ccc(NC(=O)N3CCOCC3)cc2)c2cc[nH]c2n1)C1CC1. The van der Waals surface area contributed by atoms with E-state index in [1.165, 1.54) is 0 Å². The third kappa shape index (κ3) is 3.86. The van der Waals surface area contributed by atoms with Crippen molar-refractivity contribution in [2.75, 3.05) is 36.9 Å². The highest BCUT2D eigenvalue weighted by atomic mass is 16.5. The van der Waals surface area contributed by atoms with E-state index >= 15 is 0 Å². The quantitative estimate of drug-likeness (QED) is 0.619. The Morgan fingerprint density at radius 3 is 2.57 bits per heavy atom. The van der Waals surface area contributed by atoms with Crippen molar-refractivity contribution >= 4 is 34.5 Å². The number of pyridine rings is 1. The predicted octanol–water partition coefficient (Wildman–Crippen LogP) is 3.44. The number of carbonyl (C=O) groups is 2. The molecule has 1 saturated heterocycles. The van der Waals surface area contributed by atoms with E-state index in [0.717, 1.165) is 40.7 Å². The number of hydrogen-bond donors (Lipinski definition) is 3. The van der Waals surface area contributed by atoms with Crippen molar-refractivity contribution in [2.45, 2.75) is 12.8 Å².